The summed E-state index contributed by atoms with van der Waals surface area (Å²) in [6.45, 7) is 3.37. The molecule has 5 heteroatoms. The quantitative estimate of drug-likeness (QED) is 0.881. The van der Waals surface area contributed by atoms with Crippen molar-refractivity contribution in [3.05, 3.63) is 59.2 Å². The average Bonchev–Trinajstić information content (AvgIpc) is 2.74. The number of ether oxygens (including phenoxy) is 1. The lowest BCUT2D eigenvalue weighted by atomic mass is 10.1. The van der Waals surface area contributed by atoms with Gasteiger partial charge >= 0.3 is 5.97 Å². The van der Waals surface area contributed by atoms with E-state index >= 15 is 0 Å². The molecule has 0 aliphatic carbocycles. The van der Waals surface area contributed by atoms with Crippen LogP contribution in [0.3, 0.4) is 0 Å². The minimum absolute atomic E-state index is 0.0312. The number of methoxy groups -OCH3 is 1. The number of carbonyl (C=O) groups excluding carboxylic acids is 2. The summed E-state index contributed by atoms with van der Waals surface area (Å²) in [6, 6.07) is 13.4. The largest absolute Gasteiger partial charge is 0.465 e. The van der Waals surface area contributed by atoms with Gasteiger partial charge in [0.25, 0.3) is 0 Å². The fourth-order valence-corrected chi connectivity index (χ4v) is 2.83. The van der Waals surface area contributed by atoms with Crippen LogP contribution in [0, 0.1) is 6.92 Å². The van der Waals surface area contributed by atoms with Gasteiger partial charge in [-0.05, 0) is 42.3 Å². The van der Waals surface area contributed by atoms with E-state index in [1.807, 2.05) is 31.2 Å². The van der Waals surface area contributed by atoms with Crippen LogP contribution in [0.4, 0.5) is 11.4 Å². The Morgan fingerprint density at radius 2 is 1.96 bits per heavy atom. The smallest absolute Gasteiger partial charge is 0.337 e. The van der Waals surface area contributed by atoms with Crippen molar-refractivity contribution >= 4 is 23.3 Å². The Bertz CT molecular complexity index is 769. The molecule has 1 heterocycles. The molecule has 0 saturated carbocycles. The summed E-state index contributed by atoms with van der Waals surface area (Å²) in [5, 5.41) is 2.96. The van der Waals surface area contributed by atoms with E-state index in [0.29, 0.717) is 25.1 Å². The first-order valence-corrected chi connectivity index (χ1v) is 7.89. The van der Waals surface area contributed by atoms with E-state index in [9.17, 15) is 9.59 Å². The van der Waals surface area contributed by atoms with Crippen LogP contribution in [0.2, 0.25) is 0 Å². The summed E-state index contributed by atoms with van der Waals surface area (Å²) < 4.78 is 4.72. The van der Waals surface area contributed by atoms with Crippen LogP contribution in [0.5, 0.6) is 0 Å². The zero-order valence-corrected chi connectivity index (χ0v) is 13.8. The highest BCUT2D eigenvalue weighted by molar-refractivity contribution is 5.96. The molecule has 0 fully saturated rings. The zero-order valence-electron chi connectivity index (χ0n) is 13.8. The normalized spacial score (nSPS) is 13.8. The number of fused-ring (bicyclic) bond motifs is 1. The maximum atomic E-state index is 11.9. The maximum Gasteiger partial charge on any atom is 0.337 e. The molecule has 0 spiro atoms. The number of anilines is 2. The summed E-state index contributed by atoms with van der Waals surface area (Å²) in [5.41, 5.74) is 4.62. The first kappa shape index (κ1) is 16.1. The molecule has 5 nitrogen and oxygen atoms in total. The van der Waals surface area contributed by atoms with Crippen LogP contribution >= 0.6 is 0 Å². The first-order valence-electron chi connectivity index (χ1n) is 7.89. The predicted molar refractivity (Wildman–Crippen MR) is 93.3 cm³/mol. The van der Waals surface area contributed by atoms with Crippen molar-refractivity contribution in [3.8, 4) is 0 Å². The molecule has 0 aromatic heterocycles. The predicted octanol–water partition coefficient (Wildman–Crippen LogP) is 3.13. The van der Waals surface area contributed by atoms with Crippen LogP contribution in [0.1, 0.15) is 27.9 Å². The van der Waals surface area contributed by atoms with Crippen LogP contribution in [0.15, 0.2) is 42.5 Å². The number of nitrogens with one attached hydrogen (secondary N) is 1. The van der Waals surface area contributed by atoms with E-state index in [1.54, 1.807) is 12.1 Å². The molecule has 0 atom stereocenters. The molecular weight excluding hydrogens is 304 g/mol. The summed E-state index contributed by atoms with van der Waals surface area (Å²) in [4.78, 5) is 25.6. The molecule has 0 saturated heterocycles. The summed E-state index contributed by atoms with van der Waals surface area (Å²) in [5.74, 6) is -0.310. The Labute approximate surface area is 141 Å². The SMILES string of the molecule is COC(=O)c1ccc(CN2CCC(=O)Nc3ccc(C)cc32)cc1. The Kier molecular flexibility index (Phi) is 4.51. The van der Waals surface area contributed by atoms with Crippen LogP contribution in [-0.4, -0.2) is 25.5 Å². The molecular formula is C19H20N2O3. The summed E-state index contributed by atoms with van der Waals surface area (Å²) >= 11 is 0. The topological polar surface area (TPSA) is 58.6 Å². The molecule has 24 heavy (non-hydrogen) atoms. The Morgan fingerprint density at radius 1 is 1.21 bits per heavy atom. The van der Waals surface area contributed by atoms with E-state index in [2.05, 4.69) is 16.3 Å². The highest BCUT2D eigenvalue weighted by Crippen LogP contribution is 2.31. The van der Waals surface area contributed by atoms with Gasteiger partial charge in [-0.1, -0.05) is 18.2 Å². The van der Waals surface area contributed by atoms with Gasteiger partial charge in [-0.3, -0.25) is 4.79 Å². The number of amides is 1. The second-order valence-corrected chi connectivity index (χ2v) is 5.93. The Morgan fingerprint density at radius 3 is 2.67 bits per heavy atom. The van der Waals surface area contributed by atoms with Gasteiger partial charge in [0.15, 0.2) is 0 Å². The van der Waals surface area contributed by atoms with E-state index in [-0.39, 0.29) is 11.9 Å². The fourth-order valence-electron chi connectivity index (χ4n) is 2.83. The number of esters is 1. The van der Waals surface area contributed by atoms with Gasteiger partial charge in [0.2, 0.25) is 5.91 Å². The molecule has 1 aliphatic heterocycles. The third-order valence-electron chi connectivity index (χ3n) is 4.13. The lowest BCUT2D eigenvalue weighted by Gasteiger charge is -2.24. The van der Waals surface area contributed by atoms with Gasteiger partial charge in [-0.2, -0.15) is 0 Å². The molecule has 2 aromatic carbocycles. The Hall–Kier alpha value is -2.82. The van der Waals surface area contributed by atoms with Crippen molar-refractivity contribution in [1.82, 2.24) is 0 Å². The summed E-state index contributed by atoms with van der Waals surface area (Å²) in [6.07, 6.45) is 0.452. The number of carbonyl (C=O) groups is 2. The molecule has 2 aromatic rings. The number of rotatable bonds is 3. The lowest BCUT2D eigenvalue weighted by molar-refractivity contribution is -0.115. The van der Waals surface area contributed by atoms with Gasteiger partial charge in [-0.15, -0.1) is 0 Å². The first-order chi connectivity index (χ1) is 11.6. The average molecular weight is 324 g/mol. The molecule has 1 N–H and O–H groups in total. The molecule has 1 aliphatic rings. The van der Waals surface area contributed by atoms with E-state index in [0.717, 1.165) is 22.5 Å². The second-order valence-electron chi connectivity index (χ2n) is 5.93. The van der Waals surface area contributed by atoms with Gasteiger partial charge in [0.05, 0.1) is 24.0 Å². The highest BCUT2D eigenvalue weighted by atomic mass is 16.5. The number of benzene rings is 2. The standard InChI is InChI=1S/C19H20N2O3/c1-13-3-8-16-17(11-13)21(10-9-18(22)20-16)12-14-4-6-15(7-5-14)19(23)24-2/h3-8,11H,9-10,12H2,1-2H3,(H,20,22). The van der Waals surface area contributed by atoms with E-state index in [4.69, 9.17) is 4.74 Å². The minimum Gasteiger partial charge on any atom is -0.465 e. The molecule has 0 radical (unpaired) electrons. The number of aryl methyl sites for hydroxylation is 1. The van der Waals surface area contributed by atoms with Gasteiger partial charge in [0, 0.05) is 19.5 Å². The molecule has 0 unspecified atom stereocenters. The van der Waals surface area contributed by atoms with Gasteiger partial charge in [-0.25, -0.2) is 4.79 Å². The summed E-state index contributed by atoms with van der Waals surface area (Å²) in [7, 11) is 1.37. The molecule has 1 amide bonds. The van der Waals surface area contributed by atoms with Gasteiger partial charge < -0.3 is 15.0 Å². The number of nitrogens with zero attached hydrogens (tertiary/aromatic N) is 1. The van der Waals surface area contributed by atoms with Gasteiger partial charge in [0.1, 0.15) is 0 Å². The van der Waals surface area contributed by atoms with Crippen molar-refractivity contribution < 1.29 is 14.3 Å². The third kappa shape index (κ3) is 3.40. The van der Waals surface area contributed by atoms with Crippen molar-refractivity contribution in [2.24, 2.45) is 0 Å². The van der Waals surface area contributed by atoms with E-state index < -0.39 is 0 Å². The second kappa shape index (κ2) is 6.74. The van der Waals surface area contributed by atoms with Crippen LogP contribution < -0.4 is 10.2 Å². The number of hydrogen-bond acceptors (Lipinski definition) is 4. The van der Waals surface area contributed by atoms with E-state index in [1.165, 1.54) is 7.11 Å². The van der Waals surface area contributed by atoms with Crippen molar-refractivity contribution in [2.45, 2.75) is 19.9 Å². The molecule has 0 bridgehead atoms. The maximum absolute atomic E-state index is 11.9. The molecule has 3 rings (SSSR count). The van der Waals surface area contributed by atoms with Crippen LogP contribution in [0.25, 0.3) is 0 Å². The Balaban J connectivity index is 1.85. The highest BCUT2D eigenvalue weighted by Gasteiger charge is 2.19. The van der Waals surface area contributed by atoms with Crippen molar-refractivity contribution in [1.29, 1.82) is 0 Å². The van der Waals surface area contributed by atoms with Crippen molar-refractivity contribution in [2.75, 3.05) is 23.9 Å². The minimum atomic E-state index is -0.341. The van der Waals surface area contributed by atoms with Crippen molar-refractivity contribution in [3.63, 3.8) is 0 Å². The zero-order chi connectivity index (χ0) is 17.1. The lowest BCUT2D eigenvalue weighted by Crippen LogP contribution is -2.24. The fraction of sp³-hybridized carbons (Fsp3) is 0.263. The van der Waals surface area contributed by atoms with Crippen LogP contribution in [-0.2, 0) is 16.1 Å². The number of hydrogen-bond donors (Lipinski definition) is 1. The third-order valence-corrected chi connectivity index (χ3v) is 4.13. The monoisotopic (exact) mass is 324 g/mol. The molecule has 124 valence electrons.